The lowest BCUT2D eigenvalue weighted by Gasteiger charge is -2.35. The molecule has 0 saturated carbocycles. The first-order chi connectivity index (χ1) is 11.8. The van der Waals surface area contributed by atoms with Crippen molar-refractivity contribution < 1.29 is 22.6 Å². The SMILES string of the molecule is FC(F)(F)Oc1ccc(O[C@H](c2ccc(Cl)c(Cl)c2)C2CNC2)cc1. The maximum absolute atomic E-state index is 12.2. The van der Waals surface area contributed by atoms with E-state index in [0.717, 1.165) is 18.7 Å². The molecule has 8 heteroatoms. The normalized spacial score (nSPS) is 16.2. The third kappa shape index (κ3) is 4.71. The molecule has 1 aliphatic rings. The van der Waals surface area contributed by atoms with Crippen molar-refractivity contribution in [1.82, 2.24) is 5.32 Å². The summed E-state index contributed by atoms with van der Waals surface area (Å²) >= 11 is 12.0. The summed E-state index contributed by atoms with van der Waals surface area (Å²) in [5.74, 6) is 0.372. The molecule has 1 fully saturated rings. The van der Waals surface area contributed by atoms with Gasteiger partial charge in [0, 0.05) is 19.0 Å². The molecule has 3 rings (SSSR count). The van der Waals surface area contributed by atoms with Gasteiger partial charge in [-0.1, -0.05) is 29.3 Å². The van der Waals surface area contributed by atoms with E-state index in [1.165, 1.54) is 24.3 Å². The largest absolute Gasteiger partial charge is 0.573 e. The van der Waals surface area contributed by atoms with Crippen LogP contribution in [0.3, 0.4) is 0 Å². The molecule has 3 nitrogen and oxygen atoms in total. The highest BCUT2D eigenvalue weighted by Crippen LogP contribution is 2.35. The number of hydrogen-bond acceptors (Lipinski definition) is 3. The second kappa shape index (κ2) is 7.32. The maximum atomic E-state index is 12.2. The smallest absolute Gasteiger partial charge is 0.485 e. The van der Waals surface area contributed by atoms with Gasteiger partial charge in [-0.25, -0.2) is 0 Å². The van der Waals surface area contributed by atoms with Gasteiger partial charge in [0.05, 0.1) is 10.0 Å². The van der Waals surface area contributed by atoms with Gasteiger partial charge < -0.3 is 14.8 Å². The van der Waals surface area contributed by atoms with E-state index in [1.54, 1.807) is 12.1 Å². The summed E-state index contributed by atoms with van der Waals surface area (Å²) in [5, 5.41) is 4.05. The van der Waals surface area contributed by atoms with Crippen molar-refractivity contribution in [3.05, 3.63) is 58.1 Å². The van der Waals surface area contributed by atoms with Gasteiger partial charge in [0.15, 0.2) is 0 Å². The van der Waals surface area contributed by atoms with Crippen LogP contribution in [0.25, 0.3) is 0 Å². The molecule has 1 N–H and O–H groups in total. The average molecular weight is 392 g/mol. The van der Waals surface area contributed by atoms with Crippen LogP contribution >= 0.6 is 23.2 Å². The van der Waals surface area contributed by atoms with Gasteiger partial charge in [0.25, 0.3) is 0 Å². The third-order valence-electron chi connectivity index (χ3n) is 3.83. The Morgan fingerprint density at radius 2 is 1.60 bits per heavy atom. The van der Waals surface area contributed by atoms with Crippen LogP contribution in [-0.2, 0) is 0 Å². The number of nitrogens with one attached hydrogen (secondary N) is 1. The summed E-state index contributed by atoms with van der Waals surface area (Å²) in [5.41, 5.74) is 0.858. The fourth-order valence-electron chi connectivity index (χ4n) is 2.52. The predicted molar refractivity (Wildman–Crippen MR) is 89.3 cm³/mol. The van der Waals surface area contributed by atoms with Crippen molar-refractivity contribution >= 4 is 23.2 Å². The number of halogens is 5. The van der Waals surface area contributed by atoms with Crippen LogP contribution < -0.4 is 14.8 Å². The van der Waals surface area contributed by atoms with Gasteiger partial charge >= 0.3 is 6.36 Å². The molecule has 1 aliphatic heterocycles. The summed E-state index contributed by atoms with van der Waals surface area (Å²) in [4.78, 5) is 0. The lowest BCUT2D eigenvalue weighted by Crippen LogP contribution is -2.46. The minimum absolute atomic E-state index is 0.225. The van der Waals surface area contributed by atoms with E-state index in [2.05, 4.69) is 10.1 Å². The lowest BCUT2D eigenvalue weighted by molar-refractivity contribution is -0.274. The molecule has 2 aromatic carbocycles. The van der Waals surface area contributed by atoms with E-state index in [1.807, 2.05) is 6.07 Å². The highest BCUT2D eigenvalue weighted by molar-refractivity contribution is 6.42. The molecule has 1 heterocycles. The number of rotatable bonds is 5. The first kappa shape index (κ1) is 18.2. The van der Waals surface area contributed by atoms with Crippen molar-refractivity contribution in [2.45, 2.75) is 12.5 Å². The van der Waals surface area contributed by atoms with Crippen LogP contribution in [0.2, 0.25) is 10.0 Å². The summed E-state index contributed by atoms with van der Waals surface area (Å²) in [6.07, 6.45) is -5.01. The Kier molecular flexibility index (Phi) is 5.32. The molecular weight excluding hydrogens is 378 g/mol. The van der Waals surface area contributed by atoms with Crippen LogP contribution in [-0.4, -0.2) is 19.5 Å². The zero-order chi connectivity index (χ0) is 18.0. The topological polar surface area (TPSA) is 30.5 Å². The van der Waals surface area contributed by atoms with E-state index >= 15 is 0 Å². The highest BCUT2D eigenvalue weighted by atomic mass is 35.5. The van der Waals surface area contributed by atoms with E-state index in [0.29, 0.717) is 15.8 Å². The Labute approximate surface area is 152 Å². The number of ether oxygens (including phenoxy) is 2. The van der Waals surface area contributed by atoms with Crippen LogP contribution in [0.4, 0.5) is 13.2 Å². The Bertz CT molecular complexity index is 734. The van der Waals surface area contributed by atoms with Gasteiger partial charge in [0.1, 0.15) is 17.6 Å². The molecule has 1 atom stereocenters. The Balaban J connectivity index is 1.77. The maximum Gasteiger partial charge on any atom is 0.573 e. The quantitative estimate of drug-likeness (QED) is 0.756. The van der Waals surface area contributed by atoms with Crippen molar-refractivity contribution in [1.29, 1.82) is 0 Å². The van der Waals surface area contributed by atoms with Crippen molar-refractivity contribution in [3.8, 4) is 11.5 Å². The Morgan fingerprint density at radius 1 is 0.960 bits per heavy atom. The summed E-state index contributed by atoms with van der Waals surface area (Å²) in [6.45, 7) is 1.56. The minimum Gasteiger partial charge on any atom is -0.485 e. The summed E-state index contributed by atoms with van der Waals surface area (Å²) < 4.78 is 46.5. The first-order valence-electron chi connectivity index (χ1n) is 7.50. The van der Waals surface area contributed by atoms with E-state index < -0.39 is 6.36 Å². The first-order valence-corrected chi connectivity index (χ1v) is 8.25. The van der Waals surface area contributed by atoms with Gasteiger partial charge in [-0.05, 0) is 42.0 Å². The second-order valence-corrected chi connectivity index (χ2v) is 6.46. The fraction of sp³-hybridized carbons (Fsp3) is 0.294. The van der Waals surface area contributed by atoms with Gasteiger partial charge in [0.2, 0.25) is 0 Å². The number of benzene rings is 2. The second-order valence-electron chi connectivity index (χ2n) is 5.65. The summed E-state index contributed by atoms with van der Waals surface area (Å²) in [6, 6.07) is 10.6. The van der Waals surface area contributed by atoms with E-state index in [4.69, 9.17) is 27.9 Å². The molecular formula is C17H14Cl2F3NO2. The van der Waals surface area contributed by atoms with Gasteiger partial charge in [-0.3, -0.25) is 0 Å². The molecule has 0 aliphatic carbocycles. The highest BCUT2D eigenvalue weighted by Gasteiger charge is 2.32. The molecule has 2 aromatic rings. The zero-order valence-corrected chi connectivity index (χ0v) is 14.3. The molecule has 134 valence electrons. The van der Waals surface area contributed by atoms with Crippen molar-refractivity contribution in [2.24, 2.45) is 5.92 Å². The van der Waals surface area contributed by atoms with Crippen LogP contribution in [0, 0.1) is 5.92 Å². The zero-order valence-electron chi connectivity index (χ0n) is 12.8. The van der Waals surface area contributed by atoms with Crippen molar-refractivity contribution in [2.75, 3.05) is 13.1 Å². The minimum atomic E-state index is -4.72. The third-order valence-corrected chi connectivity index (χ3v) is 4.57. The Morgan fingerprint density at radius 3 is 2.12 bits per heavy atom. The average Bonchev–Trinajstić information content (AvgIpc) is 2.48. The molecule has 0 bridgehead atoms. The molecule has 0 radical (unpaired) electrons. The standard InChI is InChI=1S/C17H14Cl2F3NO2/c18-14-6-1-10(7-15(14)19)16(11-8-23-9-11)24-12-2-4-13(5-3-12)25-17(20,21)22/h1-7,11,16,23H,8-9H2/t16-/m1/s1. The van der Waals surface area contributed by atoms with Crippen LogP contribution in [0.15, 0.2) is 42.5 Å². The van der Waals surface area contributed by atoms with E-state index in [9.17, 15) is 13.2 Å². The molecule has 0 unspecified atom stereocenters. The van der Waals surface area contributed by atoms with Gasteiger partial charge in [-0.2, -0.15) is 0 Å². The predicted octanol–water partition coefficient (Wildman–Crippen LogP) is 5.23. The van der Waals surface area contributed by atoms with Gasteiger partial charge in [-0.15, -0.1) is 13.2 Å². The number of alkyl halides is 3. The molecule has 0 spiro atoms. The van der Waals surface area contributed by atoms with Crippen LogP contribution in [0.5, 0.6) is 11.5 Å². The van der Waals surface area contributed by atoms with Crippen molar-refractivity contribution in [3.63, 3.8) is 0 Å². The van der Waals surface area contributed by atoms with Crippen LogP contribution in [0.1, 0.15) is 11.7 Å². The molecule has 0 amide bonds. The summed E-state index contributed by atoms with van der Waals surface area (Å²) in [7, 11) is 0. The monoisotopic (exact) mass is 391 g/mol. The molecule has 1 saturated heterocycles. The van der Waals surface area contributed by atoms with E-state index in [-0.39, 0.29) is 17.8 Å². The fourth-order valence-corrected chi connectivity index (χ4v) is 2.82. The lowest BCUT2D eigenvalue weighted by atomic mass is 9.91. The molecule has 25 heavy (non-hydrogen) atoms. The Hall–Kier alpha value is -1.63. The number of hydrogen-bond donors (Lipinski definition) is 1. The molecule has 0 aromatic heterocycles.